The average molecular weight is 294 g/mol. The molecule has 0 unspecified atom stereocenters. The first-order valence-corrected chi connectivity index (χ1v) is 7.42. The number of aromatic nitrogens is 1. The van der Waals surface area contributed by atoms with Crippen LogP contribution in [0.2, 0.25) is 0 Å². The van der Waals surface area contributed by atoms with Crippen molar-refractivity contribution in [1.29, 1.82) is 0 Å². The fraction of sp³-hybridized carbons (Fsp3) is 0.769. The van der Waals surface area contributed by atoms with Crippen molar-refractivity contribution in [3.05, 3.63) is 15.6 Å². The molecule has 0 amide bonds. The predicted octanol–water partition coefficient (Wildman–Crippen LogP) is 4.25. The van der Waals surface area contributed by atoms with Crippen LogP contribution in [0.3, 0.4) is 0 Å². The molecule has 1 aromatic heterocycles. The predicted molar refractivity (Wildman–Crippen MR) is 72.3 cm³/mol. The van der Waals surface area contributed by atoms with Crippen molar-refractivity contribution in [3.63, 3.8) is 0 Å². The summed E-state index contributed by atoms with van der Waals surface area (Å²) in [6, 6.07) is 0. The van der Waals surface area contributed by atoms with Crippen molar-refractivity contribution >= 4 is 11.3 Å². The van der Waals surface area contributed by atoms with Crippen LogP contribution in [0.15, 0.2) is 0 Å². The van der Waals surface area contributed by atoms with Gasteiger partial charge in [-0.3, -0.25) is 0 Å². The highest BCUT2D eigenvalue weighted by atomic mass is 32.1. The average Bonchev–Trinajstić information content (AvgIpc) is 2.69. The smallest absolute Gasteiger partial charge is 0.312 e. The minimum Gasteiger partial charge on any atom is -0.312 e. The number of unbranched alkanes of at least 4 members (excludes halogenated alkanes) is 1. The van der Waals surface area contributed by atoms with E-state index in [0.717, 1.165) is 12.8 Å². The molecule has 1 aromatic rings. The van der Waals surface area contributed by atoms with Crippen LogP contribution >= 0.6 is 11.3 Å². The number of nitrogens with one attached hydrogen (secondary N) is 1. The highest BCUT2D eigenvalue weighted by Crippen LogP contribution is 2.34. The lowest BCUT2D eigenvalue weighted by Crippen LogP contribution is -2.20. The molecule has 1 heterocycles. The van der Waals surface area contributed by atoms with Gasteiger partial charge in [-0.15, -0.1) is 11.3 Å². The van der Waals surface area contributed by atoms with E-state index in [0.29, 0.717) is 28.8 Å². The Hall–Kier alpha value is -0.620. The van der Waals surface area contributed by atoms with Crippen LogP contribution in [0.1, 0.15) is 49.2 Å². The fourth-order valence-electron chi connectivity index (χ4n) is 1.65. The maximum Gasteiger partial charge on any atom is 0.434 e. The van der Waals surface area contributed by atoms with E-state index in [9.17, 15) is 13.2 Å². The van der Waals surface area contributed by atoms with Gasteiger partial charge in [0.2, 0.25) is 0 Å². The molecule has 0 saturated carbocycles. The van der Waals surface area contributed by atoms with Gasteiger partial charge in [0.1, 0.15) is 0 Å². The molecular weight excluding hydrogens is 273 g/mol. The Kier molecular flexibility index (Phi) is 6.26. The summed E-state index contributed by atoms with van der Waals surface area (Å²) >= 11 is 1.18. The van der Waals surface area contributed by atoms with Crippen molar-refractivity contribution in [3.8, 4) is 0 Å². The molecule has 110 valence electrons. The van der Waals surface area contributed by atoms with E-state index in [1.54, 1.807) is 0 Å². The molecule has 0 aromatic carbocycles. The minimum atomic E-state index is -4.35. The molecule has 0 spiro atoms. The van der Waals surface area contributed by atoms with Crippen molar-refractivity contribution < 1.29 is 13.2 Å². The van der Waals surface area contributed by atoms with Gasteiger partial charge in [0.05, 0.1) is 9.88 Å². The summed E-state index contributed by atoms with van der Waals surface area (Å²) in [4.78, 5) is 4.08. The lowest BCUT2D eigenvalue weighted by molar-refractivity contribution is -0.141. The zero-order valence-corrected chi connectivity index (χ0v) is 12.4. The van der Waals surface area contributed by atoms with Gasteiger partial charge in [0.25, 0.3) is 0 Å². The fourth-order valence-corrected chi connectivity index (χ4v) is 2.75. The van der Waals surface area contributed by atoms with E-state index in [1.165, 1.54) is 11.3 Å². The van der Waals surface area contributed by atoms with Crippen LogP contribution in [-0.2, 0) is 19.1 Å². The topological polar surface area (TPSA) is 24.9 Å². The lowest BCUT2D eigenvalue weighted by atomic mass is 10.2. The van der Waals surface area contributed by atoms with Gasteiger partial charge in [0.15, 0.2) is 5.69 Å². The maximum atomic E-state index is 12.9. The third-order valence-electron chi connectivity index (χ3n) is 2.59. The Morgan fingerprint density at radius 3 is 2.53 bits per heavy atom. The normalized spacial score (nSPS) is 12.4. The highest BCUT2D eigenvalue weighted by Gasteiger charge is 2.37. The number of aryl methyl sites for hydroxylation is 1. The van der Waals surface area contributed by atoms with E-state index < -0.39 is 11.9 Å². The molecule has 6 heteroatoms. The zero-order chi connectivity index (χ0) is 14.5. The Morgan fingerprint density at radius 1 is 1.32 bits per heavy atom. The number of hydrogen-bond acceptors (Lipinski definition) is 3. The van der Waals surface area contributed by atoms with Gasteiger partial charge in [-0.1, -0.05) is 27.2 Å². The second-order valence-electron chi connectivity index (χ2n) is 5.01. The lowest BCUT2D eigenvalue weighted by Gasteiger charge is -2.08. The molecule has 0 atom stereocenters. The first-order valence-electron chi connectivity index (χ1n) is 6.61. The second kappa shape index (κ2) is 7.24. The number of thiazole rings is 1. The molecule has 19 heavy (non-hydrogen) atoms. The van der Waals surface area contributed by atoms with Crippen LogP contribution in [0.25, 0.3) is 0 Å². The SMILES string of the molecule is CCCCc1nc(C(F)(F)F)c(CNCC(C)C)s1. The standard InChI is InChI=1S/C13H21F3N2S/c1-4-5-6-11-18-12(13(14,15)16)10(19-11)8-17-7-9(2)3/h9,17H,4-8H2,1-3H3. The molecule has 1 N–H and O–H groups in total. The summed E-state index contributed by atoms with van der Waals surface area (Å²) in [5.41, 5.74) is -0.708. The quantitative estimate of drug-likeness (QED) is 0.813. The highest BCUT2D eigenvalue weighted by molar-refractivity contribution is 7.11. The molecule has 0 fully saturated rings. The Morgan fingerprint density at radius 2 is 2.00 bits per heavy atom. The maximum absolute atomic E-state index is 12.9. The number of halogens is 3. The van der Waals surface area contributed by atoms with Crippen molar-refractivity contribution in [2.24, 2.45) is 5.92 Å². The Bertz CT molecular complexity index is 386. The molecular formula is C13H21F3N2S. The number of alkyl halides is 3. The first kappa shape index (κ1) is 16.4. The van der Waals surface area contributed by atoms with Crippen LogP contribution < -0.4 is 5.32 Å². The van der Waals surface area contributed by atoms with E-state index >= 15 is 0 Å². The summed E-state index contributed by atoms with van der Waals surface area (Å²) in [6.07, 6.45) is -1.88. The van der Waals surface area contributed by atoms with Crippen molar-refractivity contribution in [2.75, 3.05) is 6.54 Å². The van der Waals surface area contributed by atoms with Gasteiger partial charge in [-0.05, 0) is 25.3 Å². The third-order valence-corrected chi connectivity index (χ3v) is 3.71. The van der Waals surface area contributed by atoms with E-state index in [-0.39, 0.29) is 6.54 Å². The summed E-state index contributed by atoms with van der Waals surface area (Å²) in [6.45, 7) is 7.02. The number of rotatable bonds is 7. The Labute approximate surface area is 116 Å². The van der Waals surface area contributed by atoms with Gasteiger partial charge in [-0.2, -0.15) is 13.2 Å². The molecule has 0 radical (unpaired) electrons. The first-order chi connectivity index (χ1) is 8.84. The Balaban J connectivity index is 2.78. The summed E-state index contributed by atoms with van der Waals surface area (Å²) in [7, 11) is 0. The molecule has 0 bridgehead atoms. The monoisotopic (exact) mass is 294 g/mol. The van der Waals surface area contributed by atoms with E-state index in [4.69, 9.17) is 0 Å². The second-order valence-corrected chi connectivity index (χ2v) is 6.17. The van der Waals surface area contributed by atoms with E-state index in [2.05, 4.69) is 10.3 Å². The van der Waals surface area contributed by atoms with Gasteiger partial charge >= 0.3 is 6.18 Å². The summed E-state index contributed by atoms with van der Waals surface area (Å²) < 4.78 is 38.7. The van der Waals surface area contributed by atoms with Gasteiger partial charge in [0, 0.05) is 6.54 Å². The molecule has 0 saturated heterocycles. The van der Waals surface area contributed by atoms with Gasteiger partial charge in [-0.25, -0.2) is 4.98 Å². The van der Waals surface area contributed by atoms with Crippen LogP contribution in [0.4, 0.5) is 13.2 Å². The van der Waals surface area contributed by atoms with Crippen molar-refractivity contribution in [1.82, 2.24) is 10.3 Å². The third kappa shape index (κ3) is 5.48. The molecule has 1 rings (SSSR count). The number of nitrogens with zero attached hydrogens (tertiary/aromatic N) is 1. The molecule has 2 nitrogen and oxygen atoms in total. The summed E-state index contributed by atoms with van der Waals surface area (Å²) in [5, 5.41) is 3.65. The molecule has 0 aliphatic rings. The van der Waals surface area contributed by atoms with Crippen LogP contribution in [-0.4, -0.2) is 11.5 Å². The van der Waals surface area contributed by atoms with Gasteiger partial charge < -0.3 is 5.32 Å². The van der Waals surface area contributed by atoms with E-state index in [1.807, 2.05) is 20.8 Å². The van der Waals surface area contributed by atoms with Crippen LogP contribution in [0, 0.1) is 5.92 Å². The molecule has 0 aliphatic carbocycles. The number of hydrogen-bond donors (Lipinski definition) is 1. The van der Waals surface area contributed by atoms with Crippen LogP contribution in [0.5, 0.6) is 0 Å². The molecule has 0 aliphatic heterocycles. The zero-order valence-electron chi connectivity index (χ0n) is 11.6. The summed E-state index contributed by atoms with van der Waals surface area (Å²) in [5.74, 6) is 0.418. The minimum absolute atomic E-state index is 0.247. The van der Waals surface area contributed by atoms with Crippen molar-refractivity contribution in [2.45, 2.75) is 52.8 Å². The largest absolute Gasteiger partial charge is 0.434 e.